The molecule has 3 heterocycles. The molecule has 7 heteroatoms. The fourth-order valence-corrected chi connectivity index (χ4v) is 3.92. The standard InChI is InChI=1S/C18H29N3O4/c1-14-9-15(19-25-14)10-21-7-5-16-18(12-21,6-4-8-24-16)13-23-11-17(22)20(2)3/h9,16H,4-8,10-13H2,1-3H3/t16-,18-/m1/s1. The quantitative estimate of drug-likeness (QED) is 0.773. The lowest BCUT2D eigenvalue weighted by molar-refractivity contribution is -0.160. The highest BCUT2D eigenvalue weighted by molar-refractivity contribution is 5.76. The molecule has 3 rings (SSSR count). The van der Waals surface area contributed by atoms with Crippen LogP contribution >= 0.6 is 0 Å². The highest BCUT2D eigenvalue weighted by Gasteiger charge is 2.46. The number of aryl methyl sites for hydroxylation is 1. The molecule has 2 aliphatic heterocycles. The Balaban J connectivity index is 1.62. The summed E-state index contributed by atoms with van der Waals surface area (Å²) in [5.74, 6) is 0.835. The molecule has 0 radical (unpaired) electrons. The molecule has 1 aromatic rings. The summed E-state index contributed by atoms with van der Waals surface area (Å²) in [6, 6.07) is 1.99. The van der Waals surface area contributed by atoms with Crippen molar-refractivity contribution in [1.29, 1.82) is 0 Å². The zero-order valence-electron chi connectivity index (χ0n) is 15.5. The number of likely N-dealkylation sites (tertiary alicyclic amines) is 1. The Labute approximate surface area is 149 Å². The first kappa shape index (κ1) is 18.4. The van der Waals surface area contributed by atoms with Crippen LogP contribution in [0.2, 0.25) is 0 Å². The number of carbonyl (C=O) groups excluding carboxylic acids is 1. The van der Waals surface area contributed by atoms with Gasteiger partial charge in [0.25, 0.3) is 0 Å². The number of aromatic nitrogens is 1. The second kappa shape index (κ2) is 7.85. The van der Waals surface area contributed by atoms with Crippen molar-refractivity contribution in [2.24, 2.45) is 5.41 Å². The van der Waals surface area contributed by atoms with Gasteiger partial charge in [0.05, 0.1) is 18.4 Å². The van der Waals surface area contributed by atoms with Crippen LogP contribution in [0.25, 0.3) is 0 Å². The molecule has 2 aliphatic rings. The van der Waals surface area contributed by atoms with E-state index in [1.165, 1.54) is 0 Å². The minimum atomic E-state index is -0.0398. The van der Waals surface area contributed by atoms with Gasteiger partial charge < -0.3 is 18.9 Å². The number of piperidine rings is 1. The molecule has 2 atom stereocenters. The maximum Gasteiger partial charge on any atom is 0.248 e. The lowest BCUT2D eigenvalue weighted by atomic mass is 9.73. The van der Waals surface area contributed by atoms with E-state index in [0.29, 0.717) is 6.61 Å². The second-order valence-electron chi connectivity index (χ2n) is 7.53. The summed E-state index contributed by atoms with van der Waals surface area (Å²) in [7, 11) is 3.50. The number of ether oxygens (including phenoxy) is 2. The average Bonchev–Trinajstić information content (AvgIpc) is 2.99. The Bertz CT molecular complexity index is 589. The van der Waals surface area contributed by atoms with Crippen molar-refractivity contribution < 1.29 is 18.8 Å². The van der Waals surface area contributed by atoms with Crippen LogP contribution in [0.1, 0.15) is 30.7 Å². The summed E-state index contributed by atoms with van der Waals surface area (Å²) in [6.45, 7) is 6.09. The van der Waals surface area contributed by atoms with Gasteiger partial charge >= 0.3 is 0 Å². The minimum Gasteiger partial charge on any atom is -0.377 e. The molecule has 0 saturated carbocycles. The molecule has 0 bridgehead atoms. The van der Waals surface area contributed by atoms with Crippen LogP contribution in [-0.4, -0.2) is 74.0 Å². The molecule has 7 nitrogen and oxygen atoms in total. The van der Waals surface area contributed by atoms with Crippen molar-refractivity contribution >= 4 is 5.91 Å². The third-order valence-electron chi connectivity index (χ3n) is 5.24. The largest absolute Gasteiger partial charge is 0.377 e. The van der Waals surface area contributed by atoms with E-state index in [1.807, 2.05) is 13.0 Å². The lowest BCUT2D eigenvalue weighted by Crippen LogP contribution is -2.56. The van der Waals surface area contributed by atoms with Gasteiger partial charge in [-0.25, -0.2) is 0 Å². The summed E-state index contributed by atoms with van der Waals surface area (Å²) in [5.41, 5.74) is 0.925. The van der Waals surface area contributed by atoms with Crippen LogP contribution in [0.15, 0.2) is 10.6 Å². The molecule has 0 aromatic carbocycles. The predicted molar refractivity (Wildman–Crippen MR) is 92.1 cm³/mol. The highest BCUT2D eigenvalue weighted by Crippen LogP contribution is 2.40. The number of carbonyl (C=O) groups is 1. The summed E-state index contributed by atoms with van der Waals surface area (Å²) in [4.78, 5) is 15.8. The number of amides is 1. The first-order valence-electron chi connectivity index (χ1n) is 9.02. The van der Waals surface area contributed by atoms with Crippen LogP contribution in [-0.2, 0) is 20.8 Å². The summed E-state index contributed by atoms with van der Waals surface area (Å²) < 4.78 is 17.1. The average molecular weight is 351 g/mol. The number of rotatable bonds is 6. The molecule has 2 saturated heterocycles. The van der Waals surface area contributed by atoms with Crippen molar-refractivity contribution in [2.75, 3.05) is 47.0 Å². The fraction of sp³-hybridized carbons (Fsp3) is 0.778. The Morgan fingerprint density at radius 2 is 2.36 bits per heavy atom. The SMILES string of the molecule is Cc1cc(CN2CC[C@H]3OCCC[C@]3(COCC(=O)N(C)C)C2)no1. The summed E-state index contributed by atoms with van der Waals surface area (Å²) >= 11 is 0. The van der Waals surface area contributed by atoms with Gasteiger partial charge in [-0.3, -0.25) is 9.69 Å². The minimum absolute atomic E-state index is 0.00424. The molecule has 0 unspecified atom stereocenters. The first-order valence-corrected chi connectivity index (χ1v) is 9.02. The number of fused-ring (bicyclic) bond motifs is 1. The van der Waals surface area contributed by atoms with Crippen molar-refractivity contribution in [3.05, 3.63) is 17.5 Å². The van der Waals surface area contributed by atoms with Gasteiger partial charge in [0.2, 0.25) is 5.91 Å². The fourth-order valence-electron chi connectivity index (χ4n) is 3.92. The Hall–Kier alpha value is -1.44. The zero-order valence-corrected chi connectivity index (χ0v) is 15.5. The van der Waals surface area contributed by atoms with Crippen LogP contribution in [0, 0.1) is 12.3 Å². The molecule has 0 spiro atoms. The molecular formula is C18H29N3O4. The zero-order chi connectivity index (χ0) is 17.9. The lowest BCUT2D eigenvalue weighted by Gasteiger charge is -2.50. The highest BCUT2D eigenvalue weighted by atomic mass is 16.5. The monoisotopic (exact) mass is 351 g/mol. The van der Waals surface area contributed by atoms with E-state index in [-0.39, 0.29) is 24.0 Å². The molecule has 1 aromatic heterocycles. The van der Waals surface area contributed by atoms with Crippen LogP contribution in [0.4, 0.5) is 0 Å². The number of hydrogen-bond acceptors (Lipinski definition) is 6. The number of nitrogens with zero attached hydrogens (tertiary/aromatic N) is 3. The van der Waals surface area contributed by atoms with Gasteiger partial charge in [0, 0.05) is 51.8 Å². The van der Waals surface area contributed by atoms with Gasteiger partial charge in [-0.05, 0) is 26.2 Å². The van der Waals surface area contributed by atoms with E-state index in [2.05, 4.69) is 10.1 Å². The Morgan fingerprint density at radius 3 is 3.08 bits per heavy atom. The number of hydrogen-bond donors (Lipinski definition) is 0. The second-order valence-corrected chi connectivity index (χ2v) is 7.53. The van der Waals surface area contributed by atoms with E-state index in [4.69, 9.17) is 14.0 Å². The normalized spacial score (nSPS) is 27.1. The summed E-state index contributed by atoms with van der Waals surface area (Å²) in [5, 5.41) is 4.11. The van der Waals surface area contributed by atoms with Gasteiger partial charge in [0.1, 0.15) is 12.4 Å². The van der Waals surface area contributed by atoms with Crippen molar-refractivity contribution in [3.8, 4) is 0 Å². The van der Waals surface area contributed by atoms with E-state index in [1.54, 1.807) is 19.0 Å². The molecule has 2 fully saturated rings. The molecule has 0 N–H and O–H groups in total. The van der Waals surface area contributed by atoms with Crippen LogP contribution in [0.3, 0.4) is 0 Å². The smallest absolute Gasteiger partial charge is 0.248 e. The van der Waals surface area contributed by atoms with Gasteiger partial charge in [-0.15, -0.1) is 0 Å². The topological polar surface area (TPSA) is 68.0 Å². The third-order valence-corrected chi connectivity index (χ3v) is 5.24. The van der Waals surface area contributed by atoms with E-state index >= 15 is 0 Å². The Morgan fingerprint density at radius 1 is 1.52 bits per heavy atom. The first-order chi connectivity index (χ1) is 12.0. The molecular weight excluding hydrogens is 322 g/mol. The van der Waals surface area contributed by atoms with E-state index in [0.717, 1.165) is 57.0 Å². The van der Waals surface area contributed by atoms with Crippen molar-refractivity contribution in [1.82, 2.24) is 15.0 Å². The van der Waals surface area contributed by atoms with Crippen molar-refractivity contribution in [2.45, 2.75) is 38.8 Å². The molecule has 1 amide bonds. The maximum absolute atomic E-state index is 11.8. The Kier molecular flexibility index (Phi) is 5.76. The third kappa shape index (κ3) is 4.40. The number of likely N-dealkylation sites (N-methyl/N-ethyl adjacent to an activating group) is 1. The molecule has 140 valence electrons. The molecule has 25 heavy (non-hydrogen) atoms. The van der Waals surface area contributed by atoms with E-state index in [9.17, 15) is 4.79 Å². The van der Waals surface area contributed by atoms with Crippen molar-refractivity contribution in [3.63, 3.8) is 0 Å². The predicted octanol–water partition coefficient (Wildman–Crippen LogP) is 1.46. The maximum atomic E-state index is 11.8. The van der Waals surface area contributed by atoms with E-state index < -0.39 is 0 Å². The van der Waals surface area contributed by atoms with Gasteiger partial charge in [-0.2, -0.15) is 0 Å². The van der Waals surface area contributed by atoms with Gasteiger partial charge in [0.15, 0.2) is 0 Å². The van der Waals surface area contributed by atoms with Gasteiger partial charge in [-0.1, -0.05) is 5.16 Å². The van der Waals surface area contributed by atoms with Crippen LogP contribution < -0.4 is 0 Å². The summed E-state index contributed by atoms with van der Waals surface area (Å²) in [6.07, 6.45) is 3.31. The molecule has 0 aliphatic carbocycles. The van der Waals surface area contributed by atoms with Crippen LogP contribution in [0.5, 0.6) is 0 Å².